The van der Waals surface area contributed by atoms with Crippen molar-refractivity contribution in [3.63, 3.8) is 0 Å². The van der Waals surface area contributed by atoms with E-state index < -0.39 is 11.4 Å². The Bertz CT molecular complexity index is 397. The highest BCUT2D eigenvalue weighted by molar-refractivity contribution is 5.95. The molecule has 0 aromatic heterocycles. The predicted octanol–water partition coefficient (Wildman–Crippen LogP) is 2.68. The molecule has 0 aliphatic heterocycles. The Morgan fingerprint density at radius 1 is 1.14 bits per heavy atom. The summed E-state index contributed by atoms with van der Waals surface area (Å²) in [6, 6.07) is 0. The molecule has 0 rings (SSSR count). The van der Waals surface area contributed by atoms with E-state index in [4.69, 9.17) is 9.47 Å². The third-order valence-electron chi connectivity index (χ3n) is 3.47. The number of Topliss-reactive ketones (excluding diaryl/α,β-unsaturated/α-hetero) is 1. The Hall–Kier alpha value is -1.65. The maximum absolute atomic E-state index is 12.1. The van der Waals surface area contributed by atoms with Crippen LogP contribution in [0.3, 0.4) is 0 Å². The summed E-state index contributed by atoms with van der Waals surface area (Å²) < 4.78 is 9.99. The highest BCUT2D eigenvalue weighted by atomic mass is 16.6. The van der Waals surface area contributed by atoms with Gasteiger partial charge >= 0.3 is 11.9 Å². The molecule has 0 bridgehead atoms. The van der Waals surface area contributed by atoms with Crippen molar-refractivity contribution in [1.82, 2.24) is 0 Å². The summed E-state index contributed by atoms with van der Waals surface area (Å²) in [6.45, 7) is 9.18. The van der Waals surface area contributed by atoms with Gasteiger partial charge in [-0.2, -0.15) is 0 Å². The van der Waals surface area contributed by atoms with Gasteiger partial charge in [-0.05, 0) is 19.8 Å². The first-order chi connectivity index (χ1) is 9.77. The predicted molar refractivity (Wildman–Crippen MR) is 79.6 cm³/mol. The van der Waals surface area contributed by atoms with Crippen LogP contribution < -0.4 is 0 Å². The first kappa shape index (κ1) is 19.4. The lowest BCUT2D eigenvalue weighted by Gasteiger charge is -2.27. The molecule has 0 heterocycles. The Morgan fingerprint density at radius 3 is 2.19 bits per heavy atom. The molecule has 0 radical (unpaired) electrons. The number of ether oxygens (including phenoxy) is 2. The van der Waals surface area contributed by atoms with Gasteiger partial charge in [0.15, 0.2) is 0 Å². The van der Waals surface area contributed by atoms with E-state index in [1.165, 1.54) is 0 Å². The molecule has 0 amide bonds. The lowest BCUT2D eigenvalue weighted by Crippen LogP contribution is -2.34. The fourth-order valence-electron chi connectivity index (χ4n) is 1.62. The van der Waals surface area contributed by atoms with Crippen LogP contribution in [0.15, 0.2) is 12.2 Å². The number of hydrogen-bond donors (Lipinski definition) is 0. The first-order valence-corrected chi connectivity index (χ1v) is 7.26. The second kappa shape index (κ2) is 9.32. The second-order valence-corrected chi connectivity index (χ2v) is 5.36. The molecule has 0 N–H and O–H groups in total. The summed E-state index contributed by atoms with van der Waals surface area (Å²) in [7, 11) is 0. The summed E-state index contributed by atoms with van der Waals surface area (Å²) in [4.78, 5) is 34.4. The van der Waals surface area contributed by atoms with Crippen LogP contribution in [0.2, 0.25) is 0 Å². The van der Waals surface area contributed by atoms with Gasteiger partial charge in [0.05, 0.1) is 5.41 Å². The van der Waals surface area contributed by atoms with E-state index in [0.29, 0.717) is 6.42 Å². The number of allylic oxidation sites excluding steroid dienone is 1. The third kappa shape index (κ3) is 6.56. The molecule has 0 aliphatic carbocycles. The van der Waals surface area contributed by atoms with Crippen molar-refractivity contribution in [2.24, 2.45) is 11.3 Å². The Labute approximate surface area is 126 Å². The standard InChI is InChI=1S/C16H26O5/c1-6-8-16(5,12(3)4)15(19)21-10-9-20-14(18)11-13(17)7-2/h6,8,12H,7,9-11H2,1-5H3/b8-6+. The van der Waals surface area contributed by atoms with Crippen molar-refractivity contribution in [3.8, 4) is 0 Å². The topological polar surface area (TPSA) is 69.7 Å². The molecule has 0 aromatic carbocycles. The minimum absolute atomic E-state index is 0.00917. The maximum atomic E-state index is 12.1. The normalized spacial score (nSPS) is 14.0. The van der Waals surface area contributed by atoms with Crippen LogP contribution in [0.4, 0.5) is 0 Å². The molecular weight excluding hydrogens is 272 g/mol. The van der Waals surface area contributed by atoms with Gasteiger partial charge in [-0.25, -0.2) is 0 Å². The highest BCUT2D eigenvalue weighted by Crippen LogP contribution is 2.30. The zero-order chi connectivity index (χ0) is 16.5. The molecule has 5 nitrogen and oxygen atoms in total. The van der Waals surface area contributed by atoms with Crippen molar-refractivity contribution in [3.05, 3.63) is 12.2 Å². The van der Waals surface area contributed by atoms with E-state index in [1.54, 1.807) is 6.92 Å². The van der Waals surface area contributed by atoms with E-state index in [-0.39, 0.29) is 37.3 Å². The molecular formula is C16H26O5. The molecule has 0 fully saturated rings. The van der Waals surface area contributed by atoms with Gasteiger partial charge in [0.25, 0.3) is 0 Å². The maximum Gasteiger partial charge on any atom is 0.316 e. The fraction of sp³-hybridized carbons (Fsp3) is 0.688. The SMILES string of the molecule is C/C=C/C(C)(C(=O)OCCOC(=O)CC(=O)CC)C(C)C. The smallest absolute Gasteiger partial charge is 0.316 e. The van der Waals surface area contributed by atoms with Crippen LogP contribution in [0.5, 0.6) is 0 Å². The summed E-state index contributed by atoms with van der Waals surface area (Å²) in [5, 5.41) is 0. The Kier molecular flexibility index (Phi) is 8.58. The van der Waals surface area contributed by atoms with E-state index in [0.717, 1.165) is 0 Å². The fourth-order valence-corrected chi connectivity index (χ4v) is 1.62. The number of carbonyl (C=O) groups is 3. The first-order valence-electron chi connectivity index (χ1n) is 7.26. The van der Waals surface area contributed by atoms with E-state index >= 15 is 0 Å². The van der Waals surface area contributed by atoms with Crippen molar-refractivity contribution in [2.45, 2.75) is 47.5 Å². The van der Waals surface area contributed by atoms with Crippen molar-refractivity contribution in [1.29, 1.82) is 0 Å². The third-order valence-corrected chi connectivity index (χ3v) is 3.47. The lowest BCUT2D eigenvalue weighted by atomic mass is 9.79. The number of ketones is 1. The zero-order valence-electron chi connectivity index (χ0n) is 13.6. The van der Waals surface area contributed by atoms with Crippen LogP contribution in [0.25, 0.3) is 0 Å². The highest BCUT2D eigenvalue weighted by Gasteiger charge is 2.35. The van der Waals surface area contributed by atoms with Gasteiger partial charge in [-0.1, -0.05) is 32.9 Å². The average molecular weight is 298 g/mol. The number of carbonyl (C=O) groups excluding carboxylic acids is 3. The average Bonchev–Trinajstić information content (AvgIpc) is 2.42. The van der Waals surface area contributed by atoms with Gasteiger partial charge < -0.3 is 9.47 Å². The molecule has 0 aliphatic rings. The minimum atomic E-state index is -0.697. The molecule has 0 spiro atoms. The van der Waals surface area contributed by atoms with E-state index in [9.17, 15) is 14.4 Å². The van der Waals surface area contributed by atoms with E-state index in [2.05, 4.69) is 0 Å². The Balaban J connectivity index is 4.20. The van der Waals surface area contributed by atoms with Crippen molar-refractivity contribution in [2.75, 3.05) is 13.2 Å². The molecule has 1 atom stereocenters. The number of rotatable bonds is 9. The van der Waals surface area contributed by atoms with Crippen LogP contribution in [0, 0.1) is 11.3 Å². The van der Waals surface area contributed by atoms with Gasteiger partial charge in [0.1, 0.15) is 25.4 Å². The number of esters is 2. The monoisotopic (exact) mass is 298 g/mol. The van der Waals surface area contributed by atoms with Gasteiger partial charge in [-0.3, -0.25) is 14.4 Å². The van der Waals surface area contributed by atoms with Crippen LogP contribution in [-0.4, -0.2) is 30.9 Å². The molecule has 5 heteroatoms. The van der Waals surface area contributed by atoms with Gasteiger partial charge in [-0.15, -0.1) is 0 Å². The zero-order valence-corrected chi connectivity index (χ0v) is 13.6. The van der Waals surface area contributed by atoms with E-state index in [1.807, 2.05) is 39.8 Å². The molecule has 1 unspecified atom stereocenters. The number of hydrogen-bond acceptors (Lipinski definition) is 5. The summed E-state index contributed by atoms with van der Waals surface area (Å²) in [5.41, 5.74) is -0.697. The summed E-state index contributed by atoms with van der Waals surface area (Å²) in [6.07, 6.45) is 3.70. The summed E-state index contributed by atoms with van der Waals surface area (Å²) >= 11 is 0. The second-order valence-electron chi connectivity index (χ2n) is 5.36. The molecule has 21 heavy (non-hydrogen) atoms. The van der Waals surface area contributed by atoms with Crippen molar-refractivity contribution >= 4 is 17.7 Å². The quantitative estimate of drug-likeness (QED) is 0.283. The molecule has 0 aromatic rings. The molecule has 120 valence electrons. The van der Waals surface area contributed by atoms with Crippen LogP contribution in [-0.2, 0) is 23.9 Å². The molecule has 0 saturated carbocycles. The van der Waals surface area contributed by atoms with Gasteiger partial charge in [0, 0.05) is 6.42 Å². The Morgan fingerprint density at radius 2 is 1.71 bits per heavy atom. The lowest BCUT2D eigenvalue weighted by molar-refractivity contribution is -0.159. The van der Waals surface area contributed by atoms with Gasteiger partial charge in [0.2, 0.25) is 0 Å². The van der Waals surface area contributed by atoms with Crippen LogP contribution in [0.1, 0.15) is 47.5 Å². The summed E-state index contributed by atoms with van der Waals surface area (Å²) in [5.74, 6) is -1.02. The van der Waals surface area contributed by atoms with Crippen molar-refractivity contribution < 1.29 is 23.9 Å². The minimum Gasteiger partial charge on any atom is -0.462 e. The molecule has 0 saturated heterocycles. The van der Waals surface area contributed by atoms with Crippen LogP contribution >= 0.6 is 0 Å². The largest absolute Gasteiger partial charge is 0.462 e.